The number of aromatic amines is 1. The third-order valence-electron chi connectivity index (χ3n) is 6.14. The normalized spacial score (nSPS) is 15.8. The number of H-pyrrole nitrogens is 1. The Morgan fingerprint density at radius 1 is 1.12 bits per heavy atom. The van der Waals surface area contributed by atoms with E-state index in [1.807, 2.05) is 42.3 Å². The van der Waals surface area contributed by atoms with E-state index in [1.54, 1.807) is 0 Å². The van der Waals surface area contributed by atoms with Crippen molar-refractivity contribution in [2.45, 2.75) is 36.7 Å². The standard InChI is InChI=1S/C25H26N4O2S/c1-17(24(30)29-13-11-19(12-14-29)15-18-7-3-2-4-8-18)32-25-28-27-23(31-25)21-16-26-22-10-6-5-9-20(21)22/h2-10,16-17,19,26H,11-15H2,1H3. The van der Waals surface area contributed by atoms with Crippen LogP contribution in [0.3, 0.4) is 0 Å². The van der Waals surface area contributed by atoms with Gasteiger partial charge < -0.3 is 14.3 Å². The van der Waals surface area contributed by atoms with Crippen molar-refractivity contribution in [1.82, 2.24) is 20.1 Å². The molecule has 0 saturated carbocycles. The number of rotatable bonds is 6. The van der Waals surface area contributed by atoms with Crippen LogP contribution in [0, 0.1) is 5.92 Å². The number of benzene rings is 2. The molecule has 1 atom stereocenters. The fourth-order valence-corrected chi connectivity index (χ4v) is 5.15. The van der Waals surface area contributed by atoms with Gasteiger partial charge in [-0.2, -0.15) is 0 Å². The average Bonchev–Trinajstić information content (AvgIpc) is 3.46. The van der Waals surface area contributed by atoms with Gasteiger partial charge in [-0.15, -0.1) is 10.2 Å². The summed E-state index contributed by atoms with van der Waals surface area (Å²) in [4.78, 5) is 18.2. The number of likely N-dealkylation sites (tertiary alicyclic amines) is 1. The van der Waals surface area contributed by atoms with Gasteiger partial charge in [-0.05, 0) is 43.7 Å². The maximum atomic E-state index is 13.0. The molecule has 1 N–H and O–H groups in total. The highest BCUT2D eigenvalue weighted by molar-refractivity contribution is 8.00. The van der Waals surface area contributed by atoms with Crippen LogP contribution in [0.5, 0.6) is 0 Å². The van der Waals surface area contributed by atoms with Gasteiger partial charge in [-0.1, -0.05) is 60.3 Å². The Hall–Kier alpha value is -3.06. The Kier molecular flexibility index (Phi) is 5.99. The summed E-state index contributed by atoms with van der Waals surface area (Å²) >= 11 is 1.33. The molecule has 7 heteroatoms. The molecule has 4 aromatic rings. The summed E-state index contributed by atoms with van der Waals surface area (Å²) in [6.45, 7) is 3.54. The molecule has 1 aliphatic heterocycles. The number of hydrogen-bond donors (Lipinski definition) is 1. The fourth-order valence-electron chi connectivity index (χ4n) is 4.38. The van der Waals surface area contributed by atoms with Gasteiger partial charge in [0.25, 0.3) is 11.1 Å². The number of para-hydroxylation sites is 1. The summed E-state index contributed by atoms with van der Waals surface area (Å²) in [5, 5.41) is 9.56. The number of piperidine rings is 1. The molecule has 1 unspecified atom stereocenters. The molecule has 164 valence electrons. The molecule has 0 aliphatic carbocycles. The number of fused-ring (bicyclic) bond motifs is 1. The maximum absolute atomic E-state index is 13.0. The monoisotopic (exact) mass is 446 g/mol. The Labute approximate surface area is 191 Å². The minimum absolute atomic E-state index is 0.139. The van der Waals surface area contributed by atoms with Crippen LogP contribution < -0.4 is 0 Å². The lowest BCUT2D eigenvalue weighted by atomic mass is 9.90. The molecular weight excluding hydrogens is 420 g/mol. The minimum Gasteiger partial charge on any atom is -0.411 e. The molecule has 0 spiro atoms. The molecule has 2 aromatic heterocycles. The number of carbonyl (C=O) groups excluding carboxylic acids is 1. The van der Waals surface area contributed by atoms with Gasteiger partial charge >= 0.3 is 0 Å². The van der Waals surface area contributed by atoms with Crippen molar-refractivity contribution in [3.8, 4) is 11.5 Å². The van der Waals surface area contributed by atoms with Crippen molar-refractivity contribution >= 4 is 28.6 Å². The molecular formula is C25H26N4O2S. The smallest absolute Gasteiger partial charge is 0.277 e. The number of thioether (sulfide) groups is 1. The topological polar surface area (TPSA) is 75.0 Å². The van der Waals surface area contributed by atoms with Gasteiger partial charge in [0.15, 0.2) is 0 Å². The van der Waals surface area contributed by atoms with Crippen LogP contribution >= 0.6 is 11.8 Å². The molecule has 32 heavy (non-hydrogen) atoms. The third-order valence-corrected chi connectivity index (χ3v) is 7.07. The summed E-state index contributed by atoms with van der Waals surface area (Å²) in [5.41, 5.74) is 3.28. The average molecular weight is 447 g/mol. The van der Waals surface area contributed by atoms with E-state index in [2.05, 4.69) is 45.5 Å². The Morgan fingerprint density at radius 2 is 1.88 bits per heavy atom. The fraction of sp³-hybridized carbons (Fsp3) is 0.320. The van der Waals surface area contributed by atoms with E-state index < -0.39 is 0 Å². The second kappa shape index (κ2) is 9.20. The van der Waals surface area contributed by atoms with Crippen LogP contribution in [0.4, 0.5) is 0 Å². The largest absolute Gasteiger partial charge is 0.411 e. The number of aromatic nitrogens is 3. The van der Waals surface area contributed by atoms with E-state index in [0.717, 1.165) is 48.8 Å². The summed E-state index contributed by atoms with van der Waals surface area (Å²) in [6.07, 6.45) is 5.05. The minimum atomic E-state index is -0.267. The first-order chi connectivity index (χ1) is 15.7. The summed E-state index contributed by atoms with van der Waals surface area (Å²) in [6, 6.07) is 18.6. The SMILES string of the molecule is CC(Sc1nnc(-c2c[nH]c3ccccc23)o1)C(=O)N1CCC(Cc2ccccc2)CC1. The number of hydrogen-bond acceptors (Lipinski definition) is 5. The molecule has 1 amide bonds. The van der Waals surface area contributed by atoms with Crippen molar-refractivity contribution in [1.29, 1.82) is 0 Å². The van der Waals surface area contributed by atoms with Crippen molar-refractivity contribution in [2.75, 3.05) is 13.1 Å². The highest BCUT2D eigenvalue weighted by Crippen LogP contribution is 2.31. The van der Waals surface area contributed by atoms with Crippen molar-refractivity contribution in [2.24, 2.45) is 5.92 Å². The van der Waals surface area contributed by atoms with Crippen LogP contribution in [0.25, 0.3) is 22.4 Å². The Balaban J connectivity index is 1.17. The highest BCUT2D eigenvalue weighted by Gasteiger charge is 2.28. The van der Waals surface area contributed by atoms with Crippen molar-refractivity contribution in [3.63, 3.8) is 0 Å². The molecule has 5 rings (SSSR count). The van der Waals surface area contributed by atoms with Gasteiger partial charge in [-0.25, -0.2) is 0 Å². The lowest BCUT2D eigenvalue weighted by Crippen LogP contribution is -2.42. The van der Waals surface area contributed by atoms with Crippen LogP contribution in [0.1, 0.15) is 25.3 Å². The second-order valence-corrected chi connectivity index (χ2v) is 9.63. The predicted molar refractivity (Wildman–Crippen MR) is 126 cm³/mol. The van der Waals surface area contributed by atoms with Crippen LogP contribution in [0.15, 0.2) is 70.4 Å². The molecule has 1 aliphatic rings. The lowest BCUT2D eigenvalue weighted by molar-refractivity contribution is -0.131. The number of amides is 1. The van der Waals surface area contributed by atoms with E-state index in [-0.39, 0.29) is 11.2 Å². The Bertz CT molecular complexity index is 1190. The molecule has 0 radical (unpaired) electrons. The zero-order valence-electron chi connectivity index (χ0n) is 18.0. The van der Waals surface area contributed by atoms with E-state index >= 15 is 0 Å². The molecule has 1 saturated heterocycles. The first-order valence-electron chi connectivity index (χ1n) is 11.1. The highest BCUT2D eigenvalue weighted by atomic mass is 32.2. The number of nitrogens with one attached hydrogen (secondary N) is 1. The van der Waals surface area contributed by atoms with Crippen molar-refractivity contribution < 1.29 is 9.21 Å². The van der Waals surface area contributed by atoms with Crippen molar-refractivity contribution in [3.05, 3.63) is 66.4 Å². The van der Waals surface area contributed by atoms with E-state index in [4.69, 9.17) is 4.42 Å². The summed E-state index contributed by atoms with van der Waals surface area (Å²) in [7, 11) is 0. The quantitative estimate of drug-likeness (QED) is 0.413. The Morgan fingerprint density at radius 3 is 2.69 bits per heavy atom. The van der Waals surface area contributed by atoms with Gasteiger partial charge in [0.05, 0.1) is 10.8 Å². The third kappa shape index (κ3) is 4.43. The summed E-state index contributed by atoms with van der Waals surface area (Å²) in [5.74, 6) is 1.24. The second-order valence-electron chi connectivity index (χ2n) is 8.34. The van der Waals surface area contributed by atoms with Crippen LogP contribution in [0.2, 0.25) is 0 Å². The van der Waals surface area contributed by atoms with Gasteiger partial charge in [0.1, 0.15) is 0 Å². The predicted octanol–water partition coefficient (Wildman–Crippen LogP) is 5.18. The molecule has 1 fully saturated rings. The molecule has 6 nitrogen and oxygen atoms in total. The van der Waals surface area contributed by atoms with Gasteiger partial charge in [0.2, 0.25) is 5.91 Å². The maximum Gasteiger partial charge on any atom is 0.277 e. The van der Waals surface area contributed by atoms with E-state index in [0.29, 0.717) is 17.0 Å². The molecule has 0 bridgehead atoms. The summed E-state index contributed by atoms with van der Waals surface area (Å²) < 4.78 is 5.88. The first kappa shape index (κ1) is 20.8. The number of carbonyl (C=O) groups is 1. The lowest BCUT2D eigenvalue weighted by Gasteiger charge is -2.33. The van der Waals surface area contributed by atoms with Gasteiger partial charge in [0, 0.05) is 30.2 Å². The zero-order chi connectivity index (χ0) is 21.9. The van der Waals surface area contributed by atoms with E-state index in [1.165, 1.54) is 17.3 Å². The number of nitrogens with zero attached hydrogens (tertiary/aromatic N) is 3. The van der Waals surface area contributed by atoms with E-state index in [9.17, 15) is 4.79 Å². The first-order valence-corrected chi connectivity index (χ1v) is 11.9. The molecule has 3 heterocycles. The van der Waals surface area contributed by atoms with Crippen LogP contribution in [-0.2, 0) is 11.2 Å². The van der Waals surface area contributed by atoms with Gasteiger partial charge in [-0.3, -0.25) is 4.79 Å². The molecule has 2 aromatic carbocycles. The van der Waals surface area contributed by atoms with Crippen LogP contribution in [-0.4, -0.2) is 44.3 Å². The zero-order valence-corrected chi connectivity index (χ0v) is 18.8.